The van der Waals surface area contributed by atoms with Gasteiger partial charge in [-0.15, -0.1) is 0 Å². The Morgan fingerprint density at radius 1 is 1.17 bits per heavy atom. The SMILES string of the molecule is CCCC(=O)NCC(=O)NC(CC(C)C)C(=O)O. The van der Waals surface area contributed by atoms with Crippen molar-refractivity contribution in [2.45, 2.75) is 46.1 Å². The number of carbonyl (C=O) groups is 3. The molecule has 0 aromatic rings. The Hall–Kier alpha value is -1.59. The number of carboxylic acid groups (broad SMARTS) is 1. The Kier molecular flexibility index (Phi) is 7.74. The molecule has 6 nitrogen and oxygen atoms in total. The summed E-state index contributed by atoms with van der Waals surface area (Å²) in [5.41, 5.74) is 0. The molecule has 18 heavy (non-hydrogen) atoms. The van der Waals surface area contributed by atoms with Gasteiger partial charge in [0.2, 0.25) is 11.8 Å². The van der Waals surface area contributed by atoms with Gasteiger partial charge in [0.1, 0.15) is 6.04 Å². The van der Waals surface area contributed by atoms with E-state index < -0.39 is 17.9 Å². The summed E-state index contributed by atoms with van der Waals surface area (Å²) in [6.45, 7) is 5.44. The fourth-order valence-electron chi connectivity index (χ4n) is 1.43. The van der Waals surface area contributed by atoms with E-state index >= 15 is 0 Å². The molecule has 0 aromatic carbocycles. The summed E-state index contributed by atoms with van der Waals surface area (Å²) in [7, 11) is 0. The first-order valence-electron chi connectivity index (χ1n) is 6.15. The van der Waals surface area contributed by atoms with Crippen LogP contribution in [-0.4, -0.2) is 35.5 Å². The minimum Gasteiger partial charge on any atom is -0.480 e. The highest BCUT2D eigenvalue weighted by atomic mass is 16.4. The van der Waals surface area contributed by atoms with Crippen molar-refractivity contribution in [3.8, 4) is 0 Å². The predicted molar refractivity (Wildman–Crippen MR) is 66.9 cm³/mol. The summed E-state index contributed by atoms with van der Waals surface area (Å²) in [4.78, 5) is 33.5. The number of rotatable bonds is 8. The lowest BCUT2D eigenvalue weighted by Gasteiger charge is -2.16. The zero-order valence-electron chi connectivity index (χ0n) is 11.2. The first kappa shape index (κ1) is 16.4. The molecule has 0 bridgehead atoms. The van der Waals surface area contributed by atoms with Gasteiger partial charge in [0, 0.05) is 6.42 Å². The van der Waals surface area contributed by atoms with Crippen LogP contribution < -0.4 is 10.6 Å². The van der Waals surface area contributed by atoms with E-state index in [1.165, 1.54) is 0 Å². The van der Waals surface area contributed by atoms with Gasteiger partial charge in [0.25, 0.3) is 0 Å². The molecule has 3 N–H and O–H groups in total. The average molecular weight is 258 g/mol. The second-order valence-corrected chi connectivity index (χ2v) is 4.61. The molecule has 0 rings (SSSR count). The first-order valence-corrected chi connectivity index (χ1v) is 6.15. The van der Waals surface area contributed by atoms with Gasteiger partial charge in [0.15, 0.2) is 0 Å². The number of carboxylic acids is 1. The van der Waals surface area contributed by atoms with E-state index in [-0.39, 0.29) is 18.4 Å². The molecule has 6 heteroatoms. The van der Waals surface area contributed by atoms with Gasteiger partial charge in [-0.25, -0.2) is 4.79 Å². The van der Waals surface area contributed by atoms with Gasteiger partial charge in [-0.3, -0.25) is 9.59 Å². The number of aliphatic carboxylic acids is 1. The zero-order chi connectivity index (χ0) is 14.1. The van der Waals surface area contributed by atoms with Gasteiger partial charge >= 0.3 is 5.97 Å². The fraction of sp³-hybridized carbons (Fsp3) is 0.750. The number of amides is 2. The van der Waals surface area contributed by atoms with E-state index in [1.54, 1.807) is 0 Å². The van der Waals surface area contributed by atoms with E-state index in [4.69, 9.17) is 5.11 Å². The maximum atomic E-state index is 11.5. The first-order chi connectivity index (χ1) is 8.36. The molecule has 0 spiro atoms. The van der Waals surface area contributed by atoms with Crippen LogP contribution >= 0.6 is 0 Å². The normalized spacial score (nSPS) is 12.0. The standard InChI is InChI=1S/C12H22N2O4/c1-4-5-10(15)13-7-11(16)14-9(12(17)18)6-8(2)3/h8-9H,4-7H2,1-3H3,(H,13,15)(H,14,16)(H,17,18). The smallest absolute Gasteiger partial charge is 0.326 e. The highest BCUT2D eigenvalue weighted by Gasteiger charge is 2.20. The number of nitrogens with one attached hydrogen (secondary N) is 2. The molecule has 0 aliphatic carbocycles. The number of hydrogen-bond acceptors (Lipinski definition) is 3. The maximum absolute atomic E-state index is 11.5. The van der Waals surface area contributed by atoms with Crippen molar-refractivity contribution in [1.29, 1.82) is 0 Å². The van der Waals surface area contributed by atoms with Crippen LogP contribution in [0.5, 0.6) is 0 Å². The van der Waals surface area contributed by atoms with Crippen molar-refractivity contribution in [3.63, 3.8) is 0 Å². The lowest BCUT2D eigenvalue weighted by Crippen LogP contribution is -2.46. The molecular formula is C12H22N2O4. The van der Waals surface area contributed by atoms with E-state index in [0.717, 1.165) is 0 Å². The third-order valence-corrected chi connectivity index (χ3v) is 2.26. The van der Waals surface area contributed by atoms with Crippen molar-refractivity contribution >= 4 is 17.8 Å². The largest absolute Gasteiger partial charge is 0.480 e. The van der Waals surface area contributed by atoms with E-state index in [2.05, 4.69) is 10.6 Å². The molecule has 0 fully saturated rings. The van der Waals surface area contributed by atoms with Gasteiger partial charge in [-0.1, -0.05) is 20.8 Å². The number of hydrogen-bond donors (Lipinski definition) is 3. The second-order valence-electron chi connectivity index (χ2n) is 4.61. The van der Waals surface area contributed by atoms with Crippen LogP contribution in [0.3, 0.4) is 0 Å². The molecule has 0 heterocycles. The maximum Gasteiger partial charge on any atom is 0.326 e. The van der Waals surface area contributed by atoms with Gasteiger partial charge < -0.3 is 15.7 Å². The Labute approximate surface area is 107 Å². The highest BCUT2D eigenvalue weighted by Crippen LogP contribution is 2.04. The van der Waals surface area contributed by atoms with Gasteiger partial charge in [-0.05, 0) is 18.8 Å². The molecule has 104 valence electrons. The lowest BCUT2D eigenvalue weighted by molar-refractivity contribution is -0.142. The molecule has 0 aliphatic heterocycles. The molecule has 0 saturated carbocycles. The topological polar surface area (TPSA) is 95.5 Å². The van der Waals surface area contributed by atoms with Crippen LogP contribution in [0, 0.1) is 5.92 Å². The molecule has 0 aliphatic rings. The van der Waals surface area contributed by atoms with Crippen LogP contribution in [0.2, 0.25) is 0 Å². The molecular weight excluding hydrogens is 236 g/mol. The van der Waals surface area contributed by atoms with Crippen LogP contribution in [-0.2, 0) is 14.4 Å². The summed E-state index contributed by atoms with van der Waals surface area (Å²) >= 11 is 0. The second kappa shape index (κ2) is 8.49. The molecule has 0 saturated heterocycles. The van der Waals surface area contributed by atoms with E-state index in [9.17, 15) is 14.4 Å². The Morgan fingerprint density at radius 2 is 1.78 bits per heavy atom. The molecule has 2 amide bonds. The summed E-state index contributed by atoms with van der Waals surface area (Å²) in [6, 6.07) is -0.902. The Balaban J connectivity index is 4.10. The van der Waals surface area contributed by atoms with Crippen LogP contribution in [0.4, 0.5) is 0 Å². The van der Waals surface area contributed by atoms with Crippen molar-refractivity contribution in [3.05, 3.63) is 0 Å². The van der Waals surface area contributed by atoms with Gasteiger partial charge in [0.05, 0.1) is 6.54 Å². The van der Waals surface area contributed by atoms with Crippen molar-refractivity contribution in [1.82, 2.24) is 10.6 Å². The third kappa shape index (κ3) is 7.65. The molecule has 0 aromatic heterocycles. The minimum absolute atomic E-state index is 0.168. The zero-order valence-corrected chi connectivity index (χ0v) is 11.2. The summed E-state index contributed by atoms with van der Waals surface area (Å²) in [5.74, 6) is -1.58. The van der Waals surface area contributed by atoms with Crippen LogP contribution in [0.15, 0.2) is 0 Å². The summed E-state index contributed by atoms with van der Waals surface area (Å²) < 4.78 is 0. The minimum atomic E-state index is -1.06. The van der Waals surface area contributed by atoms with E-state index in [1.807, 2.05) is 20.8 Å². The van der Waals surface area contributed by atoms with Crippen LogP contribution in [0.25, 0.3) is 0 Å². The summed E-state index contributed by atoms with van der Waals surface area (Å²) in [5, 5.41) is 13.8. The van der Waals surface area contributed by atoms with Crippen LogP contribution in [0.1, 0.15) is 40.0 Å². The fourth-order valence-corrected chi connectivity index (χ4v) is 1.43. The third-order valence-electron chi connectivity index (χ3n) is 2.26. The Bertz CT molecular complexity index is 302. The molecule has 1 unspecified atom stereocenters. The predicted octanol–water partition coefficient (Wildman–Crippen LogP) is 0.518. The quantitative estimate of drug-likeness (QED) is 0.591. The molecule has 0 radical (unpaired) electrons. The van der Waals surface area contributed by atoms with Crippen molar-refractivity contribution in [2.24, 2.45) is 5.92 Å². The monoisotopic (exact) mass is 258 g/mol. The molecule has 1 atom stereocenters. The lowest BCUT2D eigenvalue weighted by atomic mass is 10.0. The number of carbonyl (C=O) groups excluding carboxylic acids is 2. The van der Waals surface area contributed by atoms with Crippen molar-refractivity contribution in [2.75, 3.05) is 6.54 Å². The van der Waals surface area contributed by atoms with Gasteiger partial charge in [-0.2, -0.15) is 0 Å². The van der Waals surface area contributed by atoms with Crippen molar-refractivity contribution < 1.29 is 19.5 Å². The summed E-state index contributed by atoms with van der Waals surface area (Å²) in [6.07, 6.45) is 1.43. The highest BCUT2D eigenvalue weighted by molar-refractivity contribution is 5.87. The van der Waals surface area contributed by atoms with E-state index in [0.29, 0.717) is 19.3 Å². The average Bonchev–Trinajstić information content (AvgIpc) is 2.25. The Morgan fingerprint density at radius 3 is 2.22 bits per heavy atom.